The van der Waals surface area contributed by atoms with Crippen LogP contribution in [0.4, 0.5) is 0 Å². The summed E-state index contributed by atoms with van der Waals surface area (Å²) in [5.74, 6) is 1.03. The van der Waals surface area contributed by atoms with Gasteiger partial charge in [-0.2, -0.15) is 11.8 Å². The van der Waals surface area contributed by atoms with Crippen molar-refractivity contribution in [3.8, 4) is 0 Å². The quantitative estimate of drug-likeness (QED) is 0.345. The fourth-order valence-electron chi connectivity index (χ4n) is 0.713. The molecule has 14 heavy (non-hydrogen) atoms. The average Bonchev–Trinajstić information content (AvgIpc) is 2.10. The number of methoxy groups -OCH3 is 1. The van der Waals surface area contributed by atoms with E-state index in [1.807, 2.05) is 0 Å². The Morgan fingerprint density at radius 2 is 1.86 bits per heavy atom. The minimum absolute atomic E-state index is 0.122. The Bertz CT molecular complexity index is 182. The van der Waals surface area contributed by atoms with Gasteiger partial charge in [-0.25, -0.2) is 0 Å². The summed E-state index contributed by atoms with van der Waals surface area (Å²) >= 11 is 1.65. The second-order valence-electron chi connectivity index (χ2n) is 2.70. The van der Waals surface area contributed by atoms with Crippen molar-refractivity contribution in [1.82, 2.24) is 0 Å². The molecule has 0 unspecified atom stereocenters. The van der Waals surface area contributed by atoms with E-state index in [0.29, 0.717) is 13.2 Å². The van der Waals surface area contributed by atoms with Gasteiger partial charge in [0.15, 0.2) is 0 Å². The van der Waals surface area contributed by atoms with Gasteiger partial charge in [-0.3, -0.25) is 9.59 Å². The molecule has 0 aliphatic heterocycles. The average molecular weight is 220 g/mol. The first-order valence-corrected chi connectivity index (χ1v) is 5.54. The van der Waals surface area contributed by atoms with Crippen molar-refractivity contribution in [1.29, 1.82) is 0 Å². The Kier molecular flexibility index (Phi) is 8.67. The van der Waals surface area contributed by atoms with Crippen molar-refractivity contribution in [3.05, 3.63) is 0 Å². The maximum Gasteiger partial charge on any atom is 0.313 e. The summed E-state index contributed by atoms with van der Waals surface area (Å²) < 4.78 is 9.66. The molecule has 0 heterocycles. The standard InChI is InChI=1S/C9H16O4S/c1-8(10)7-9(11)13-4-6-14-5-3-12-2/h3-7H2,1-2H3. The molecule has 0 bridgehead atoms. The van der Waals surface area contributed by atoms with Gasteiger partial charge < -0.3 is 9.47 Å². The number of carbonyl (C=O) groups is 2. The van der Waals surface area contributed by atoms with Gasteiger partial charge in [0.05, 0.1) is 6.61 Å². The molecule has 0 saturated heterocycles. The van der Waals surface area contributed by atoms with Crippen LogP contribution in [0.2, 0.25) is 0 Å². The monoisotopic (exact) mass is 220 g/mol. The third kappa shape index (κ3) is 9.54. The number of carbonyl (C=O) groups excluding carboxylic acids is 2. The van der Waals surface area contributed by atoms with Gasteiger partial charge in [-0.05, 0) is 6.92 Å². The zero-order chi connectivity index (χ0) is 10.8. The van der Waals surface area contributed by atoms with Crippen molar-refractivity contribution in [2.75, 3.05) is 31.8 Å². The largest absolute Gasteiger partial charge is 0.464 e. The molecule has 0 fully saturated rings. The third-order valence-corrected chi connectivity index (χ3v) is 2.23. The van der Waals surface area contributed by atoms with Gasteiger partial charge in [0, 0.05) is 18.6 Å². The topological polar surface area (TPSA) is 52.6 Å². The second-order valence-corrected chi connectivity index (χ2v) is 3.93. The zero-order valence-corrected chi connectivity index (χ0v) is 9.39. The molecule has 0 atom stereocenters. The van der Waals surface area contributed by atoms with E-state index in [1.165, 1.54) is 6.92 Å². The van der Waals surface area contributed by atoms with Crippen molar-refractivity contribution in [2.24, 2.45) is 0 Å². The third-order valence-electron chi connectivity index (χ3n) is 1.32. The van der Waals surface area contributed by atoms with Crippen molar-refractivity contribution in [2.45, 2.75) is 13.3 Å². The highest BCUT2D eigenvalue weighted by atomic mass is 32.2. The molecule has 0 radical (unpaired) electrons. The maximum absolute atomic E-state index is 10.9. The summed E-state index contributed by atoms with van der Waals surface area (Å²) in [6.45, 7) is 2.43. The Balaban J connectivity index is 3.19. The van der Waals surface area contributed by atoms with Crippen LogP contribution in [0.5, 0.6) is 0 Å². The van der Waals surface area contributed by atoms with Gasteiger partial charge in [0.1, 0.15) is 18.8 Å². The van der Waals surface area contributed by atoms with Crippen LogP contribution in [-0.2, 0) is 19.1 Å². The van der Waals surface area contributed by atoms with Crippen LogP contribution in [0, 0.1) is 0 Å². The number of esters is 1. The maximum atomic E-state index is 10.9. The number of rotatable bonds is 8. The van der Waals surface area contributed by atoms with Crippen LogP contribution >= 0.6 is 11.8 Å². The molecule has 0 amide bonds. The van der Waals surface area contributed by atoms with Crippen molar-refractivity contribution < 1.29 is 19.1 Å². The van der Waals surface area contributed by atoms with E-state index < -0.39 is 5.97 Å². The van der Waals surface area contributed by atoms with Gasteiger partial charge in [-0.15, -0.1) is 0 Å². The summed E-state index contributed by atoms with van der Waals surface area (Å²) in [5.41, 5.74) is 0. The van der Waals surface area contributed by atoms with E-state index in [9.17, 15) is 9.59 Å². The summed E-state index contributed by atoms with van der Waals surface area (Å²) in [6, 6.07) is 0. The number of Topliss-reactive ketones (excluding diaryl/α,β-unsaturated/α-hetero) is 1. The lowest BCUT2D eigenvalue weighted by Crippen LogP contribution is -2.11. The smallest absolute Gasteiger partial charge is 0.313 e. The fourth-order valence-corrected chi connectivity index (χ4v) is 1.40. The summed E-state index contributed by atoms with van der Waals surface area (Å²) in [7, 11) is 1.65. The summed E-state index contributed by atoms with van der Waals surface area (Å²) in [6.07, 6.45) is -0.122. The van der Waals surface area contributed by atoms with Crippen LogP contribution in [0.3, 0.4) is 0 Å². The van der Waals surface area contributed by atoms with E-state index in [4.69, 9.17) is 9.47 Å². The second kappa shape index (κ2) is 9.02. The molecule has 0 aromatic heterocycles. The van der Waals surface area contributed by atoms with Gasteiger partial charge >= 0.3 is 5.97 Å². The number of hydrogen-bond donors (Lipinski definition) is 0. The molecule has 0 N–H and O–H groups in total. The number of thioether (sulfide) groups is 1. The fraction of sp³-hybridized carbons (Fsp3) is 0.778. The number of ketones is 1. The van der Waals surface area contributed by atoms with Gasteiger partial charge in [0.25, 0.3) is 0 Å². The number of ether oxygens (including phenoxy) is 2. The molecular formula is C9H16O4S. The Labute approximate surface area is 88.3 Å². The van der Waals surface area contributed by atoms with Gasteiger partial charge in [0.2, 0.25) is 0 Å². The predicted octanol–water partition coefficient (Wildman–Crippen LogP) is 0.888. The zero-order valence-electron chi connectivity index (χ0n) is 8.58. The van der Waals surface area contributed by atoms with E-state index >= 15 is 0 Å². The Morgan fingerprint density at radius 3 is 2.43 bits per heavy atom. The lowest BCUT2D eigenvalue weighted by molar-refractivity contribution is -0.145. The minimum atomic E-state index is -0.440. The molecule has 5 heteroatoms. The Hall–Kier alpha value is -0.550. The first-order chi connectivity index (χ1) is 6.66. The van der Waals surface area contributed by atoms with E-state index in [-0.39, 0.29) is 12.2 Å². The van der Waals surface area contributed by atoms with E-state index in [1.54, 1.807) is 18.9 Å². The molecule has 4 nitrogen and oxygen atoms in total. The van der Waals surface area contributed by atoms with Crippen LogP contribution in [-0.4, -0.2) is 43.6 Å². The first kappa shape index (κ1) is 13.4. The van der Waals surface area contributed by atoms with Crippen LogP contribution in [0.25, 0.3) is 0 Å². The minimum Gasteiger partial charge on any atom is -0.464 e. The van der Waals surface area contributed by atoms with Crippen LogP contribution < -0.4 is 0 Å². The summed E-state index contributed by atoms with van der Waals surface area (Å²) in [4.78, 5) is 21.4. The SMILES string of the molecule is COCCSCCOC(=O)CC(C)=O. The number of hydrogen-bond acceptors (Lipinski definition) is 5. The lowest BCUT2D eigenvalue weighted by Gasteiger charge is -2.03. The first-order valence-electron chi connectivity index (χ1n) is 4.38. The van der Waals surface area contributed by atoms with E-state index in [2.05, 4.69) is 0 Å². The molecule has 0 aliphatic rings. The van der Waals surface area contributed by atoms with Crippen LogP contribution in [0.15, 0.2) is 0 Å². The molecule has 0 aliphatic carbocycles. The highest BCUT2D eigenvalue weighted by Crippen LogP contribution is 1.99. The molecule has 82 valence electrons. The van der Waals surface area contributed by atoms with Gasteiger partial charge in [-0.1, -0.05) is 0 Å². The van der Waals surface area contributed by atoms with Crippen molar-refractivity contribution >= 4 is 23.5 Å². The summed E-state index contributed by atoms with van der Waals surface area (Å²) in [5, 5.41) is 0. The molecule has 0 aromatic carbocycles. The Morgan fingerprint density at radius 1 is 1.21 bits per heavy atom. The van der Waals surface area contributed by atoms with Crippen molar-refractivity contribution in [3.63, 3.8) is 0 Å². The normalized spacial score (nSPS) is 9.86. The highest BCUT2D eigenvalue weighted by Gasteiger charge is 2.05. The predicted molar refractivity (Wildman–Crippen MR) is 55.5 cm³/mol. The van der Waals surface area contributed by atoms with Crippen LogP contribution in [0.1, 0.15) is 13.3 Å². The molecule has 0 aromatic rings. The lowest BCUT2D eigenvalue weighted by atomic mass is 10.3. The molecule has 0 rings (SSSR count). The molecule has 0 saturated carbocycles. The van der Waals surface area contributed by atoms with E-state index in [0.717, 1.165) is 11.5 Å². The molecule has 0 spiro atoms. The molecular weight excluding hydrogens is 204 g/mol. The highest BCUT2D eigenvalue weighted by molar-refractivity contribution is 7.99.